The van der Waals surface area contributed by atoms with E-state index in [-0.39, 0.29) is 35.4 Å². The predicted octanol–water partition coefficient (Wildman–Crippen LogP) is 3.24. The van der Waals surface area contributed by atoms with Gasteiger partial charge in [-0.1, -0.05) is 0 Å². The fraction of sp³-hybridized carbons (Fsp3) is 0.480. The number of amides is 1. The van der Waals surface area contributed by atoms with Crippen LogP contribution < -0.4 is 14.8 Å². The van der Waals surface area contributed by atoms with Gasteiger partial charge in [0.25, 0.3) is 5.91 Å². The molecule has 0 radical (unpaired) electrons. The van der Waals surface area contributed by atoms with Gasteiger partial charge < -0.3 is 19.7 Å². The number of carbonyl (C=O) groups excluding carboxylic acids is 1. The van der Waals surface area contributed by atoms with Crippen molar-refractivity contribution in [3.8, 4) is 11.5 Å². The number of likely N-dealkylation sites (tertiary alicyclic amines) is 1. The van der Waals surface area contributed by atoms with E-state index in [0.717, 1.165) is 51.7 Å². The van der Waals surface area contributed by atoms with Crippen LogP contribution in [-0.2, 0) is 14.8 Å². The van der Waals surface area contributed by atoms with Crippen molar-refractivity contribution in [2.24, 2.45) is 0 Å². The van der Waals surface area contributed by atoms with E-state index >= 15 is 0 Å². The smallest absolute Gasteiger partial charge is 0.262 e. The predicted molar refractivity (Wildman–Crippen MR) is 129 cm³/mol. The number of sulfonamides is 1. The van der Waals surface area contributed by atoms with E-state index in [9.17, 15) is 17.6 Å². The second-order valence-electron chi connectivity index (χ2n) is 9.31. The third-order valence-electron chi connectivity index (χ3n) is 6.94. The fourth-order valence-electron chi connectivity index (χ4n) is 5.06. The molecule has 5 rings (SSSR count). The first-order valence-corrected chi connectivity index (χ1v) is 13.6. The molecule has 10 heteroatoms. The zero-order valence-corrected chi connectivity index (χ0v) is 20.3. The maximum absolute atomic E-state index is 13.4. The third-order valence-corrected chi connectivity index (χ3v) is 8.89. The highest BCUT2D eigenvalue weighted by atomic mass is 32.2. The normalized spacial score (nSPS) is 21.9. The summed E-state index contributed by atoms with van der Waals surface area (Å²) in [7, 11) is -3.68. The molecule has 1 N–H and O–H groups in total. The lowest BCUT2D eigenvalue weighted by atomic mass is 10.1. The van der Waals surface area contributed by atoms with Crippen LogP contribution in [0.15, 0.2) is 47.4 Å². The Morgan fingerprint density at radius 1 is 1.06 bits per heavy atom. The second kappa shape index (κ2) is 10.1. The molecule has 2 saturated heterocycles. The van der Waals surface area contributed by atoms with E-state index < -0.39 is 10.0 Å². The lowest BCUT2D eigenvalue weighted by Crippen LogP contribution is -2.42. The molecule has 0 aromatic heterocycles. The number of nitrogens with zero attached hydrogens (tertiary/aromatic N) is 2. The Morgan fingerprint density at radius 3 is 2.60 bits per heavy atom. The summed E-state index contributed by atoms with van der Waals surface area (Å²) < 4.78 is 52.9. The van der Waals surface area contributed by atoms with Crippen molar-refractivity contribution in [3.63, 3.8) is 0 Å². The molecule has 0 saturated carbocycles. The standard InChI is InChI=1S/C25H30FN3O5S/c26-18-3-5-20(6-4-18)34-21-10-14-28(15-11-21)13-9-19-2-1-12-29(19)35(31,32)22-7-8-24-23(16-22)27-25(30)17-33-24/h3-8,16,19,21H,1-2,9-15,17H2,(H,27,30)/t19-/m1/s1. The van der Waals surface area contributed by atoms with Gasteiger partial charge in [-0.3, -0.25) is 4.79 Å². The second-order valence-corrected chi connectivity index (χ2v) is 11.2. The molecule has 35 heavy (non-hydrogen) atoms. The van der Waals surface area contributed by atoms with E-state index in [0.29, 0.717) is 23.7 Å². The molecule has 3 aliphatic rings. The van der Waals surface area contributed by atoms with Crippen LogP contribution in [0.1, 0.15) is 32.1 Å². The molecule has 3 heterocycles. The van der Waals surface area contributed by atoms with Crippen LogP contribution in [0.4, 0.5) is 10.1 Å². The number of piperidine rings is 1. The minimum absolute atomic E-state index is 0.0462. The maximum atomic E-state index is 13.4. The van der Waals surface area contributed by atoms with Crippen LogP contribution in [0, 0.1) is 5.82 Å². The number of hydrogen-bond donors (Lipinski definition) is 1. The molecule has 3 aliphatic heterocycles. The summed E-state index contributed by atoms with van der Waals surface area (Å²) in [6.45, 7) is 3.03. The quantitative estimate of drug-likeness (QED) is 0.624. The van der Waals surface area contributed by atoms with Crippen LogP contribution in [0.2, 0.25) is 0 Å². The van der Waals surface area contributed by atoms with Crippen molar-refractivity contribution < 1.29 is 27.1 Å². The molecule has 188 valence electrons. The number of anilines is 1. The van der Waals surface area contributed by atoms with Gasteiger partial charge in [-0.15, -0.1) is 0 Å². The summed E-state index contributed by atoms with van der Waals surface area (Å²) >= 11 is 0. The number of fused-ring (bicyclic) bond motifs is 1. The Bertz CT molecular complexity index is 1170. The fourth-order valence-corrected chi connectivity index (χ4v) is 6.81. The molecule has 0 spiro atoms. The average Bonchev–Trinajstić information content (AvgIpc) is 3.34. The molecule has 0 aliphatic carbocycles. The zero-order chi connectivity index (χ0) is 24.4. The topological polar surface area (TPSA) is 88.2 Å². The molecule has 2 aromatic carbocycles. The highest BCUT2D eigenvalue weighted by molar-refractivity contribution is 7.89. The van der Waals surface area contributed by atoms with E-state index in [1.807, 2.05) is 0 Å². The Balaban J connectivity index is 1.15. The number of ether oxygens (including phenoxy) is 2. The minimum atomic E-state index is -3.68. The van der Waals surface area contributed by atoms with Crippen LogP contribution in [0.25, 0.3) is 0 Å². The summed E-state index contributed by atoms with van der Waals surface area (Å²) in [5.41, 5.74) is 0.392. The Labute approximate surface area is 205 Å². The van der Waals surface area contributed by atoms with Gasteiger partial charge in [-0.2, -0.15) is 4.31 Å². The molecule has 8 nitrogen and oxygen atoms in total. The summed E-state index contributed by atoms with van der Waals surface area (Å²) in [5, 5.41) is 2.68. The van der Waals surface area contributed by atoms with Gasteiger partial charge >= 0.3 is 0 Å². The van der Waals surface area contributed by atoms with Crippen molar-refractivity contribution in [2.75, 3.05) is 38.1 Å². The van der Waals surface area contributed by atoms with Crippen LogP contribution >= 0.6 is 0 Å². The van der Waals surface area contributed by atoms with E-state index in [2.05, 4.69) is 10.2 Å². The number of nitrogens with one attached hydrogen (secondary N) is 1. The summed E-state index contributed by atoms with van der Waals surface area (Å²) in [5.74, 6) is 0.596. The van der Waals surface area contributed by atoms with Gasteiger partial charge in [-0.25, -0.2) is 12.8 Å². The first-order chi connectivity index (χ1) is 16.9. The summed E-state index contributed by atoms with van der Waals surface area (Å²) in [6, 6.07) is 10.7. The number of carbonyl (C=O) groups is 1. The van der Waals surface area contributed by atoms with Gasteiger partial charge in [0.1, 0.15) is 23.4 Å². The minimum Gasteiger partial charge on any atom is -0.490 e. The van der Waals surface area contributed by atoms with Crippen molar-refractivity contribution in [2.45, 2.75) is 49.1 Å². The Hall–Kier alpha value is -2.69. The first-order valence-electron chi connectivity index (χ1n) is 12.1. The molecular weight excluding hydrogens is 473 g/mol. The summed E-state index contributed by atoms with van der Waals surface area (Å²) in [6.07, 6.45) is 4.32. The van der Waals surface area contributed by atoms with E-state index in [4.69, 9.17) is 9.47 Å². The number of hydrogen-bond acceptors (Lipinski definition) is 6. The molecule has 1 amide bonds. The Morgan fingerprint density at radius 2 is 1.83 bits per heavy atom. The molecule has 2 fully saturated rings. The van der Waals surface area contributed by atoms with Crippen LogP contribution in [-0.4, -0.2) is 68.5 Å². The SMILES string of the molecule is O=C1COc2ccc(S(=O)(=O)N3CCC[C@@H]3CCN3CCC(Oc4ccc(F)cc4)CC3)cc2N1. The Kier molecular flexibility index (Phi) is 6.95. The molecule has 2 aromatic rings. The maximum Gasteiger partial charge on any atom is 0.262 e. The number of benzene rings is 2. The van der Waals surface area contributed by atoms with Crippen molar-refractivity contribution >= 4 is 21.6 Å². The van der Waals surface area contributed by atoms with Crippen molar-refractivity contribution in [1.29, 1.82) is 0 Å². The lowest BCUT2D eigenvalue weighted by Gasteiger charge is -2.33. The van der Waals surface area contributed by atoms with Gasteiger partial charge in [0.15, 0.2) is 6.61 Å². The number of rotatable bonds is 7. The zero-order valence-electron chi connectivity index (χ0n) is 19.5. The van der Waals surface area contributed by atoms with Gasteiger partial charge in [0.05, 0.1) is 10.6 Å². The van der Waals surface area contributed by atoms with Gasteiger partial charge in [-0.05, 0) is 81.1 Å². The van der Waals surface area contributed by atoms with Crippen LogP contribution in [0.5, 0.6) is 11.5 Å². The van der Waals surface area contributed by atoms with Crippen molar-refractivity contribution in [3.05, 3.63) is 48.3 Å². The largest absolute Gasteiger partial charge is 0.490 e. The van der Waals surface area contributed by atoms with Gasteiger partial charge in [0, 0.05) is 25.7 Å². The molecule has 0 bridgehead atoms. The average molecular weight is 504 g/mol. The highest BCUT2D eigenvalue weighted by Gasteiger charge is 2.36. The highest BCUT2D eigenvalue weighted by Crippen LogP contribution is 2.34. The molecule has 0 unspecified atom stereocenters. The van der Waals surface area contributed by atoms with Crippen LogP contribution in [0.3, 0.4) is 0 Å². The first kappa shape index (κ1) is 24.0. The van der Waals surface area contributed by atoms with Gasteiger partial charge in [0.2, 0.25) is 10.0 Å². The van der Waals surface area contributed by atoms with E-state index in [1.54, 1.807) is 28.6 Å². The lowest BCUT2D eigenvalue weighted by molar-refractivity contribution is -0.118. The van der Waals surface area contributed by atoms with Crippen molar-refractivity contribution in [1.82, 2.24) is 9.21 Å². The number of halogens is 1. The molecular formula is C25H30FN3O5S. The molecule has 1 atom stereocenters. The third kappa shape index (κ3) is 5.44. The summed E-state index contributed by atoms with van der Waals surface area (Å²) in [4.78, 5) is 14.2. The monoisotopic (exact) mass is 503 g/mol. The van der Waals surface area contributed by atoms with E-state index in [1.165, 1.54) is 18.2 Å².